The number of sulfonamides is 1. The van der Waals surface area contributed by atoms with Gasteiger partial charge in [-0.1, -0.05) is 24.6 Å². The monoisotopic (exact) mass is 444 g/mol. The Balaban J connectivity index is 1.61. The molecule has 0 radical (unpaired) electrons. The number of nitrogens with one attached hydrogen (secondary N) is 1. The molecule has 7 nitrogen and oxygen atoms in total. The Morgan fingerprint density at radius 2 is 1.77 bits per heavy atom. The van der Waals surface area contributed by atoms with Crippen molar-refractivity contribution in [3.8, 4) is 11.5 Å². The van der Waals surface area contributed by atoms with Crippen LogP contribution in [0.15, 0.2) is 53.4 Å². The minimum absolute atomic E-state index is 0.0294. The van der Waals surface area contributed by atoms with Crippen molar-refractivity contribution in [1.82, 2.24) is 5.32 Å². The van der Waals surface area contributed by atoms with Gasteiger partial charge in [-0.15, -0.1) is 0 Å². The average molecular weight is 445 g/mol. The van der Waals surface area contributed by atoms with Gasteiger partial charge in [0.05, 0.1) is 24.8 Å². The molecule has 4 rings (SSSR count). The molecule has 2 aromatic carbocycles. The second kappa shape index (κ2) is 8.78. The predicted octanol–water partition coefficient (Wildman–Crippen LogP) is 3.20. The Hall–Kier alpha value is -2.74. The van der Waals surface area contributed by atoms with Gasteiger partial charge in [0, 0.05) is 12.1 Å². The summed E-state index contributed by atoms with van der Waals surface area (Å²) >= 11 is 0. The van der Waals surface area contributed by atoms with Crippen LogP contribution in [-0.4, -0.2) is 41.1 Å². The molecule has 2 fully saturated rings. The van der Waals surface area contributed by atoms with Gasteiger partial charge in [-0.05, 0) is 55.4 Å². The van der Waals surface area contributed by atoms with Crippen LogP contribution >= 0.6 is 0 Å². The summed E-state index contributed by atoms with van der Waals surface area (Å²) in [6, 6.07) is 13.2. The highest BCUT2D eigenvalue weighted by atomic mass is 32.2. The summed E-state index contributed by atoms with van der Waals surface area (Å²) in [5, 5.41) is 3.09. The van der Waals surface area contributed by atoms with Crippen molar-refractivity contribution in [1.29, 1.82) is 0 Å². The lowest BCUT2D eigenvalue weighted by Gasteiger charge is -2.27. The van der Waals surface area contributed by atoms with Crippen LogP contribution in [0.2, 0.25) is 0 Å². The first-order chi connectivity index (χ1) is 14.9. The fourth-order valence-corrected chi connectivity index (χ4v) is 6.25. The third kappa shape index (κ3) is 4.35. The SMILES string of the molecule is COc1ccc(S(=O)(=O)N(CC(=O)N[C@@H]2C[C@@H]3CC[C@@H]2C3)c2ccccc2)cc1OC. The van der Waals surface area contributed by atoms with Gasteiger partial charge in [0.2, 0.25) is 5.91 Å². The predicted molar refractivity (Wildman–Crippen MR) is 118 cm³/mol. The Bertz CT molecular complexity index is 1040. The van der Waals surface area contributed by atoms with E-state index in [1.165, 1.54) is 32.8 Å². The fourth-order valence-electron chi connectivity index (χ4n) is 4.82. The van der Waals surface area contributed by atoms with E-state index < -0.39 is 10.0 Å². The Morgan fingerprint density at radius 1 is 1.03 bits per heavy atom. The number of amides is 1. The standard InChI is InChI=1S/C23H28N2O5S/c1-29-21-11-10-19(14-22(21)30-2)31(27,28)25(18-6-4-3-5-7-18)15-23(26)24-20-13-16-8-9-17(20)12-16/h3-7,10-11,14,16-17,20H,8-9,12-13,15H2,1-2H3,(H,24,26)/t16-,17-,20-/m1/s1. The van der Waals surface area contributed by atoms with Gasteiger partial charge in [-0.25, -0.2) is 8.42 Å². The molecule has 0 aromatic heterocycles. The normalized spacial score (nSPS) is 22.2. The van der Waals surface area contributed by atoms with E-state index in [0.717, 1.165) is 23.6 Å². The molecule has 0 unspecified atom stereocenters. The number of anilines is 1. The maximum atomic E-state index is 13.6. The second-order valence-corrected chi connectivity index (χ2v) is 10.1. The molecule has 1 amide bonds. The summed E-state index contributed by atoms with van der Waals surface area (Å²) in [6.07, 6.45) is 4.53. The van der Waals surface area contributed by atoms with Crippen molar-refractivity contribution in [3.63, 3.8) is 0 Å². The van der Waals surface area contributed by atoms with Gasteiger partial charge in [0.15, 0.2) is 11.5 Å². The quantitative estimate of drug-likeness (QED) is 0.676. The van der Waals surface area contributed by atoms with E-state index in [9.17, 15) is 13.2 Å². The molecule has 8 heteroatoms. The smallest absolute Gasteiger partial charge is 0.264 e. The highest BCUT2D eigenvalue weighted by Gasteiger charge is 2.40. The number of carbonyl (C=O) groups is 1. The van der Waals surface area contributed by atoms with Crippen molar-refractivity contribution in [2.75, 3.05) is 25.1 Å². The van der Waals surface area contributed by atoms with E-state index in [1.54, 1.807) is 36.4 Å². The Morgan fingerprint density at radius 3 is 2.39 bits per heavy atom. The molecule has 2 aliphatic carbocycles. The third-order valence-electron chi connectivity index (χ3n) is 6.36. The molecule has 166 valence electrons. The first-order valence-corrected chi connectivity index (χ1v) is 12.0. The van der Waals surface area contributed by atoms with Crippen LogP contribution in [0.3, 0.4) is 0 Å². The van der Waals surface area contributed by atoms with Gasteiger partial charge in [0.25, 0.3) is 10.0 Å². The summed E-state index contributed by atoms with van der Waals surface area (Å²) in [4.78, 5) is 12.9. The van der Waals surface area contributed by atoms with E-state index in [-0.39, 0.29) is 23.4 Å². The molecule has 2 bridgehead atoms. The van der Waals surface area contributed by atoms with Crippen LogP contribution in [-0.2, 0) is 14.8 Å². The van der Waals surface area contributed by atoms with E-state index >= 15 is 0 Å². The van der Waals surface area contributed by atoms with E-state index in [0.29, 0.717) is 29.0 Å². The number of benzene rings is 2. The van der Waals surface area contributed by atoms with E-state index in [2.05, 4.69) is 5.32 Å². The number of para-hydroxylation sites is 1. The van der Waals surface area contributed by atoms with Crippen LogP contribution in [0, 0.1) is 11.8 Å². The molecule has 0 saturated heterocycles. The maximum absolute atomic E-state index is 13.6. The van der Waals surface area contributed by atoms with Gasteiger partial charge < -0.3 is 14.8 Å². The molecule has 0 aliphatic heterocycles. The average Bonchev–Trinajstić information content (AvgIpc) is 3.40. The summed E-state index contributed by atoms with van der Waals surface area (Å²) in [7, 11) is -1.07. The molecular weight excluding hydrogens is 416 g/mol. The first kappa shape index (κ1) is 21.5. The molecule has 2 saturated carbocycles. The summed E-state index contributed by atoms with van der Waals surface area (Å²) in [6.45, 7) is -0.283. The van der Waals surface area contributed by atoms with Crippen molar-refractivity contribution in [3.05, 3.63) is 48.5 Å². The topological polar surface area (TPSA) is 84.9 Å². The lowest BCUT2D eigenvalue weighted by atomic mass is 9.95. The highest BCUT2D eigenvalue weighted by Crippen LogP contribution is 2.44. The summed E-state index contributed by atoms with van der Waals surface area (Å²) in [5.74, 6) is 1.66. The Kier molecular flexibility index (Phi) is 6.09. The largest absolute Gasteiger partial charge is 0.493 e. The number of rotatable bonds is 8. The van der Waals surface area contributed by atoms with Gasteiger partial charge >= 0.3 is 0 Å². The number of hydrogen-bond donors (Lipinski definition) is 1. The molecule has 2 aromatic rings. The number of fused-ring (bicyclic) bond motifs is 2. The van der Waals surface area contributed by atoms with Gasteiger partial charge in [-0.3, -0.25) is 9.10 Å². The lowest BCUT2D eigenvalue weighted by Crippen LogP contribution is -2.46. The van der Waals surface area contributed by atoms with Gasteiger partial charge in [-0.2, -0.15) is 0 Å². The summed E-state index contributed by atoms with van der Waals surface area (Å²) < 4.78 is 38.7. The Labute approximate surface area is 183 Å². The highest BCUT2D eigenvalue weighted by molar-refractivity contribution is 7.92. The second-order valence-electron chi connectivity index (χ2n) is 8.21. The van der Waals surface area contributed by atoms with Crippen molar-refractivity contribution in [2.45, 2.75) is 36.6 Å². The van der Waals surface area contributed by atoms with Crippen molar-refractivity contribution >= 4 is 21.6 Å². The molecule has 31 heavy (non-hydrogen) atoms. The zero-order valence-electron chi connectivity index (χ0n) is 17.8. The fraction of sp³-hybridized carbons (Fsp3) is 0.435. The van der Waals surface area contributed by atoms with E-state index in [1.807, 2.05) is 0 Å². The van der Waals surface area contributed by atoms with Crippen molar-refractivity contribution < 1.29 is 22.7 Å². The van der Waals surface area contributed by atoms with Crippen LogP contribution < -0.4 is 19.1 Å². The minimum Gasteiger partial charge on any atom is -0.493 e. The number of hydrogen-bond acceptors (Lipinski definition) is 5. The molecule has 2 aliphatic rings. The summed E-state index contributed by atoms with van der Waals surface area (Å²) in [5.41, 5.74) is 0.431. The zero-order chi connectivity index (χ0) is 22.0. The molecule has 0 spiro atoms. The molecule has 1 N–H and O–H groups in total. The number of ether oxygens (including phenoxy) is 2. The number of carbonyl (C=O) groups excluding carboxylic acids is 1. The van der Waals surface area contributed by atoms with Crippen LogP contribution in [0.1, 0.15) is 25.7 Å². The van der Waals surface area contributed by atoms with E-state index in [4.69, 9.17) is 9.47 Å². The van der Waals surface area contributed by atoms with Crippen LogP contribution in [0.5, 0.6) is 11.5 Å². The van der Waals surface area contributed by atoms with Crippen LogP contribution in [0.4, 0.5) is 5.69 Å². The molecule has 0 heterocycles. The minimum atomic E-state index is -4.01. The maximum Gasteiger partial charge on any atom is 0.264 e. The van der Waals surface area contributed by atoms with Gasteiger partial charge in [0.1, 0.15) is 6.54 Å². The lowest BCUT2D eigenvalue weighted by molar-refractivity contribution is -0.120. The first-order valence-electron chi connectivity index (χ1n) is 10.5. The number of nitrogens with zero attached hydrogens (tertiary/aromatic N) is 1. The van der Waals surface area contributed by atoms with Crippen LogP contribution in [0.25, 0.3) is 0 Å². The number of methoxy groups -OCH3 is 2. The molecule has 3 atom stereocenters. The molecular formula is C23H28N2O5S. The third-order valence-corrected chi connectivity index (χ3v) is 8.13. The van der Waals surface area contributed by atoms with Crippen molar-refractivity contribution in [2.24, 2.45) is 11.8 Å². The zero-order valence-corrected chi connectivity index (χ0v) is 18.6.